The van der Waals surface area contributed by atoms with Gasteiger partial charge in [-0.2, -0.15) is 0 Å². The molecule has 0 bridgehead atoms. The molecule has 1 N–H and O–H groups in total. The maximum atomic E-state index is 13.8. The summed E-state index contributed by atoms with van der Waals surface area (Å²) < 4.78 is 26.8. The molecule has 0 radical (unpaired) electrons. The largest absolute Gasteiger partial charge is 0.357 e. The summed E-state index contributed by atoms with van der Waals surface area (Å²) in [6.45, 7) is 8.10. The van der Waals surface area contributed by atoms with Gasteiger partial charge in [-0.1, -0.05) is 6.58 Å². The number of halogens is 2. The van der Waals surface area contributed by atoms with Crippen LogP contribution in [0, 0.1) is 11.6 Å². The highest BCUT2D eigenvalue weighted by atomic mass is 19.1. The monoisotopic (exact) mass is 411 g/mol. The van der Waals surface area contributed by atoms with Gasteiger partial charge in [-0.15, -0.1) is 0 Å². The predicted octanol–water partition coefficient (Wildman–Crippen LogP) is 4.15. The molecule has 1 aliphatic heterocycles. The fourth-order valence-electron chi connectivity index (χ4n) is 3.03. The van der Waals surface area contributed by atoms with E-state index in [1.165, 1.54) is 12.1 Å². The second-order valence-electron chi connectivity index (χ2n) is 6.79. The number of aromatic nitrogens is 1. The molecule has 2 aromatic rings. The number of amidine groups is 1. The normalized spacial score (nSPS) is 14.8. The van der Waals surface area contributed by atoms with Crippen LogP contribution in [0.1, 0.15) is 12.5 Å². The summed E-state index contributed by atoms with van der Waals surface area (Å²) in [5, 5.41) is 2.83. The number of pyridine rings is 1. The highest BCUT2D eigenvalue weighted by molar-refractivity contribution is 5.89. The standard InChI is InChI=1S/C22H23F2N5O/c1-16(20-6-5-18(23)14-21(20)24)7-9-26-17(2)28-10-12-29(13-11-28)22(30)27-19-4-3-8-25-15-19/h3-9,14-15H,1,10-13H2,2H3,(H,27,30)/b9-7-,26-17+. The van der Waals surface area contributed by atoms with E-state index in [4.69, 9.17) is 0 Å². The van der Waals surface area contributed by atoms with Crippen LogP contribution in [0.5, 0.6) is 0 Å². The number of carbonyl (C=O) groups is 1. The molecule has 0 unspecified atom stereocenters. The van der Waals surface area contributed by atoms with Crippen molar-refractivity contribution < 1.29 is 13.6 Å². The van der Waals surface area contributed by atoms with Crippen LogP contribution in [0.4, 0.5) is 19.3 Å². The lowest BCUT2D eigenvalue weighted by Gasteiger charge is -2.35. The third-order valence-corrected chi connectivity index (χ3v) is 4.75. The van der Waals surface area contributed by atoms with Crippen LogP contribution >= 0.6 is 0 Å². The van der Waals surface area contributed by atoms with Gasteiger partial charge in [0.25, 0.3) is 0 Å². The number of allylic oxidation sites excluding steroid dienone is 2. The van der Waals surface area contributed by atoms with Crippen molar-refractivity contribution in [2.24, 2.45) is 4.99 Å². The maximum Gasteiger partial charge on any atom is 0.322 e. The van der Waals surface area contributed by atoms with Crippen LogP contribution in [-0.4, -0.2) is 52.8 Å². The Morgan fingerprint density at radius 3 is 2.60 bits per heavy atom. The summed E-state index contributed by atoms with van der Waals surface area (Å²) in [4.78, 5) is 24.5. The van der Waals surface area contributed by atoms with Crippen LogP contribution in [0.15, 0.2) is 66.6 Å². The zero-order valence-corrected chi connectivity index (χ0v) is 16.7. The number of aliphatic imine (C=N–C) groups is 1. The van der Waals surface area contributed by atoms with E-state index in [-0.39, 0.29) is 11.6 Å². The number of carbonyl (C=O) groups excluding carboxylic acids is 1. The summed E-state index contributed by atoms with van der Waals surface area (Å²) in [6.07, 6.45) is 6.37. The van der Waals surface area contributed by atoms with Gasteiger partial charge in [-0.25, -0.2) is 18.6 Å². The Balaban J connectivity index is 1.51. The lowest BCUT2D eigenvalue weighted by Crippen LogP contribution is -2.51. The first kappa shape index (κ1) is 21.2. The van der Waals surface area contributed by atoms with E-state index < -0.39 is 11.6 Å². The van der Waals surface area contributed by atoms with Crippen molar-refractivity contribution in [2.75, 3.05) is 31.5 Å². The number of nitrogens with zero attached hydrogens (tertiary/aromatic N) is 4. The minimum Gasteiger partial charge on any atom is -0.357 e. The molecule has 1 saturated heterocycles. The van der Waals surface area contributed by atoms with Crippen LogP contribution < -0.4 is 5.32 Å². The van der Waals surface area contributed by atoms with Gasteiger partial charge in [-0.3, -0.25) is 4.98 Å². The predicted molar refractivity (Wildman–Crippen MR) is 114 cm³/mol. The summed E-state index contributed by atoms with van der Waals surface area (Å²) >= 11 is 0. The first-order valence-electron chi connectivity index (χ1n) is 9.50. The Morgan fingerprint density at radius 2 is 1.93 bits per heavy atom. The van der Waals surface area contributed by atoms with Gasteiger partial charge in [-0.05, 0) is 42.8 Å². The third kappa shape index (κ3) is 5.50. The Kier molecular flexibility index (Phi) is 6.90. The van der Waals surface area contributed by atoms with Crippen molar-refractivity contribution in [3.05, 3.63) is 78.8 Å². The number of amides is 2. The molecule has 3 rings (SSSR count). The molecule has 1 fully saturated rings. The molecule has 156 valence electrons. The molecule has 0 saturated carbocycles. The fourth-order valence-corrected chi connectivity index (χ4v) is 3.03. The highest BCUT2D eigenvalue weighted by Gasteiger charge is 2.21. The summed E-state index contributed by atoms with van der Waals surface area (Å²) in [5.74, 6) is -0.507. The zero-order valence-electron chi connectivity index (χ0n) is 16.7. The third-order valence-electron chi connectivity index (χ3n) is 4.75. The lowest BCUT2D eigenvalue weighted by atomic mass is 10.1. The maximum absolute atomic E-state index is 13.8. The molecular weight excluding hydrogens is 388 g/mol. The van der Waals surface area contributed by atoms with E-state index >= 15 is 0 Å². The molecule has 30 heavy (non-hydrogen) atoms. The Labute approximate surface area is 174 Å². The van der Waals surface area contributed by atoms with Gasteiger partial charge in [0, 0.05) is 50.2 Å². The fraction of sp³-hybridized carbons (Fsp3) is 0.227. The van der Waals surface area contributed by atoms with Gasteiger partial charge in [0.05, 0.1) is 11.9 Å². The molecule has 1 aromatic carbocycles. The molecule has 2 heterocycles. The molecule has 0 atom stereocenters. The molecule has 1 aromatic heterocycles. The molecule has 2 amide bonds. The van der Waals surface area contributed by atoms with Crippen LogP contribution in [0.2, 0.25) is 0 Å². The summed E-state index contributed by atoms with van der Waals surface area (Å²) in [7, 11) is 0. The number of rotatable bonds is 4. The quantitative estimate of drug-likeness (QED) is 0.467. The van der Waals surface area contributed by atoms with Crippen molar-refractivity contribution in [2.45, 2.75) is 6.92 Å². The van der Waals surface area contributed by atoms with Gasteiger partial charge in [0.1, 0.15) is 17.5 Å². The molecule has 0 aliphatic carbocycles. The van der Waals surface area contributed by atoms with Gasteiger partial charge >= 0.3 is 6.03 Å². The van der Waals surface area contributed by atoms with Crippen molar-refractivity contribution in [3.63, 3.8) is 0 Å². The molecular formula is C22H23F2N5O. The SMILES string of the molecule is C=C(/C=C\N=C(/C)N1CCN(C(=O)Nc2cccnc2)CC1)c1ccc(F)cc1F. The Bertz CT molecular complexity index is 967. The van der Waals surface area contributed by atoms with Gasteiger partial charge in [0.15, 0.2) is 0 Å². The second-order valence-corrected chi connectivity index (χ2v) is 6.79. The molecule has 8 heteroatoms. The van der Waals surface area contributed by atoms with Crippen molar-refractivity contribution in [1.29, 1.82) is 0 Å². The minimum absolute atomic E-state index is 0.158. The van der Waals surface area contributed by atoms with E-state index in [9.17, 15) is 13.6 Å². The van der Waals surface area contributed by atoms with Gasteiger partial charge in [0.2, 0.25) is 0 Å². The van der Waals surface area contributed by atoms with E-state index in [0.717, 1.165) is 11.9 Å². The number of urea groups is 1. The number of hydrogen-bond acceptors (Lipinski definition) is 3. The van der Waals surface area contributed by atoms with E-state index in [1.54, 1.807) is 41.7 Å². The van der Waals surface area contributed by atoms with E-state index in [1.807, 2.05) is 6.92 Å². The average molecular weight is 411 g/mol. The zero-order chi connectivity index (χ0) is 21.5. The minimum atomic E-state index is -0.661. The lowest BCUT2D eigenvalue weighted by molar-refractivity contribution is 0.181. The van der Waals surface area contributed by atoms with Crippen LogP contribution in [0.25, 0.3) is 5.57 Å². The number of benzene rings is 1. The number of anilines is 1. The smallest absolute Gasteiger partial charge is 0.322 e. The number of piperazine rings is 1. The average Bonchev–Trinajstić information content (AvgIpc) is 2.74. The topological polar surface area (TPSA) is 60.8 Å². The Morgan fingerprint density at radius 1 is 1.20 bits per heavy atom. The Hall–Kier alpha value is -3.55. The molecule has 0 spiro atoms. The highest BCUT2D eigenvalue weighted by Crippen LogP contribution is 2.19. The molecule has 6 nitrogen and oxygen atoms in total. The van der Waals surface area contributed by atoms with Gasteiger partial charge < -0.3 is 15.1 Å². The number of nitrogens with one attached hydrogen (secondary N) is 1. The summed E-state index contributed by atoms with van der Waals surface area (Å²) in [6, 6.07) is 6.76. The number of hydrogen-bond donors (Lipinski definition) is 1. The second kappa shape index (κ2) is 9.78. The van der Waals surface area contributed by atoms with E-state index in [2.05, 4.69) is 26.8 Å². The van der Waals surface area contributed by atoms with E-state index in [0.29, 0.717) is 37.4 Å². The van der Waals surface area contributed by atoms with Crippen molar-refractivity contribution in [1.82, 2.24) is 14.8 Å². The van der Waals surface area contributed by atoms with Crippen molar-refractivity contribution >= 4 is 23.1 Å². The van der Waals surface area contributed by atoms with Crippen LogP contribution in [-0.2, 0) is 0 Å². The van der Waals surface area contributed by atoms with Crippen LogP contribution in [0.3, 0.4) is 0 Å². The first-order valence-corrected chi connectivity index (χ1v) is 9.50. The molecule has 1 aliphatic rings. The first-order chi connectivity index (χ1) is 14.4. The summed E-state index contributed by atoms with van der Waals surface area (Å²) in [5.41, 5.74) is 1.29. The van der Waals surface area contributed by atoms with Crippen molar-refractivity contribution in [3.8, 4) is 0 Å².